The van der Waals surface area contributed by atoms with Gasteiger partial charge in [-0.3, -0.25) is 4.79 Å². The molecule has 0 saturated heterocycles. The van der Waals surface area contributed by atoms with Gasteiger partial charge in [0.15, 0.2) is 0 Å². The van der Waals surface area contributed by atoms with Crippen molar-refractivity contribution in [2.75, 3.05) is 12.4 Å². The first-order valence-electron chi connectivity index (χ1n) is 9.41. The van der Waals surface area contributed by atoms with Crippen LogP contribution in [0.1, 0.15) is 15.9 Å². The van der Waals surface area contributed by atoms with Gasteiger partial charge in [0.1, 0.15) is 30.8 Å². The van der Waals surface area contributed by atoms with E-state index in [9.17, 15) is 14.4 Å². The lowest BCUT2D eigenvalue weighted by atomic mass is 10.1. The summed E-state index contributed by atoms with van der Waals surface area (Å²) in [4.78, 5) is 36.9. The van der Waals surface area contributed by atoms with Crippen LogP contribution in [0.2, 0.25) is 0 Å². The molecule has 2 heterocycles. The Balaban J connectivity index is 1.50. The number of nitrogens with one attached hydrogen (secondary N) is 1. The van der Waals surface area contributed by atoms with Gasteiger partial charge in [-0.2, -0.15) is 0 Å². The summed E-state index contributed by atoms with van der Waals surface area (Å²) in [5.74, 6) is -0.558. The molecule has 11 heteroatoms. The van der Waals surface area contributed by atoms with Gasteiger partial charge in [-0.05, 0) is 34.7 Å². The van der Waals surface area contributed by atoms with Gasteiger partial charge in [-0.1, -0.05) is 12.1 Å². The molecule has 2 aromatic carbocycles. The number of methoxy groups -OCH3 is 1. The van der Waals surface area contributed by atoms with E-state index in [1.807, 2.05) is 0 Å². The molecule has 1 N–H and O–H groups in total. The maximum absolute atomic E-state index is 12.7. The van der Waals surface area contributed by atoms with Gasteiger partial charge in [0.25, 0.3) is 0 Å². The van der Waals surface area contributed by atoms with Crippen LogP contribution in [0.4, 0.5) is 5.69 Å². The summed E-state index contributed by atoms with van der Waals surface area (Å²) in [5.41, 5.74) is 0.655. The topological polar surface area (TPSA) is 138 Å². The molecule has 0 saturated carbocycles. The van der Waals surface area contributed by atoms with Crippen molar-refractivity contribution in [1.29, 1.82) is 0 Å². The zero-order valence-corrected chi connectivity index (χ0v) is 16.8. The third-order valence-electron chi connectivity index (χ3n) is 4.51. The highest BCUT2D eigenvalue weighted by Crippen LogP contribution is 2.24. The standard InChI is InChI=1S/C21H17N5O6/c1-30-14-6-7-15-13(8-20(28)32-18(15)9-14)11-31-21(29)16-4-2-3-5-17(16)23-19(27)10-26-12-22-24-25-26/h2-9,12H,10-11H2,1H3,(H,23,27). The summed E-state index contributed by atoms with van der Waals surface area (Å²) in [6.07, 6.45) is 1.30. The maximum atomic E-state index is 12.7. The molecule has 0 unspecified atom stereocenters. The van der Waals surface area contributed by atoms with Crippen molar-refractivity contribution in [3.05, 3.63) is 76.4 Å². The van der Waals surface area contributed by atoms with Crippen molar-refractivity contribution in [3.8, 4) is 5.75 Å². The molecule has 0 aliphatic heterocycles. The third kappa shape index (κ3) is 4.61. The fourth-order valence-electron chi connectivity index (χ4n) is 3.04. The first-order valence-corrected chi connectivity index (χ1v) is 9.41. The first kappa shape index (κ1) is 20.7. The number of para-hydroxylation sites is 1. The SMILES string of the molecule is COc1ccc2c(COC(=O)c3ccccc3NC(=O)Cn3cnnn3)cc(=O)oc2c1. The molecule has 0 atom stereocenters. The highest BCUT2D eigenvalue weighted by molar-refractivity contribution is 6.01. The van der Waals surface area contributed by atoms with Crippen LogP contribution < -0.4 is 15.7 Å². The molecule has 2 aromatic heterocycles. The van der Waals surface area contributed by atoms with Crippen LogP contribution in [0, 0.1) is 0 Å². The molecule has 11 nitrogen and oxygen atoms in total. The molecule has 0 aliphatic rings. The van der Waals surface area contributed by atoms with E-state index in [1.54, 1.807) is 36.4 Å². The number of rotatable bonds is 7. The highest BCUT2D eigenvalue weighted by Gasteiger charge is 2.16. The number of esters is 1. The quantitative estimate of drug-likeness (QED) is 0.340. The van der Waals surface area contributed by atoms with E-state index in [2.05, 4.69) is 20.8 Å². The molecule has 4 rings (SSSR count). The van der Waals surface area contributed by atoms with Crippen LogP contribution in [-0.2, 0) is 22.7 Å². The van der Waals surface area contributed by atoms with E-state index in [0.717, 1.165) is 0 Å². The van der Waals surface area contributed by atoms with Gasteiger partial charge in [-0.25, -0.2) is 14.3 Å². The average Bonchev–Trinajstić information content (AvgIpc) is 3.29. The number of aromatic nitrogens is 4. The second kappa shape index (κ2) is 9.08. The van der Waals surface area contributed by atoms with Crippen LogP contribution in [0.5, 0.6) is 5.75 Å². The Morgan fingerprint density at radius 3 is 2.78 bits per heavy atom. The lowest BCUT2D eigenvalue weighted by Gasteiger charge is -2.12. The maximum Gasteiger partial charge on any atom is 0.340 e. The monoisotopic (exact) mass is 435 g/mol. The van der Waals surface area contributed by atoms with E-state index < -0.39 is 17.5 Å². The second-order valence-corrected chi connectivity index (χ2v) is 6.63. The largest absolute Gasteiger partial charge is 0.497 e. The van der Waals surface area contributed by atoms with Gasteiger partial charge in [-0.15, -0.1) is 5.10 Å². The van der Waals surface area contributed by atoms with Crippen molar-refractivity contribution in [1.82, 2.24) is 20.2 Å². The number of ether oxygens (including phenoxy) is 2. The molecule has 0 aliphatic carbocycles. The Bertz CT molecular complexity index is 1330. The van der Waals surface area contributed by atoms with Crippen LogP contribution >= 0.6 is 0 Å². The van der Waals surface area contributed by atoms with E-state index in [1.165, 1.54) is 30.3 Å². The van der Waals surface area contributed by atoms with Gasteiger partial charge in [0.05, 0.1) is 18.4 Å². The van der Waals surface area contributed by atoms with Crippen molar-refractivity contribution >= 4 is 28.5 Å². The van der Waals surface area contributed by atoms with Crippen LogP contribution in [0.25, 0.3) is 11.0 Å². The van der Waals surface area contributed by atoms with Gasteiger partial charge < -0.3 is 19.2 Å². The van der Waals surface area contributed by atoms with Crippen LogP contribution in [0.3, 0.4) is 0 Å². The Morgan fingerprint density at radius 1 is 1.16 bits per heavy atom. The van der Waals surface area contributed by atoms with E-state index in [0.29, 0.717) is 22.3 Å². The molecule has 0 radical (unpaired) electrons. The number of hydrogen-bond acceptors (Lipinski definition) is 9. The number of tetrazole rings is 1. The first-order chi connectivity index (χ1) is 15.5. The number of amides is 1. The molecule has 0 spiro atoms. The summed E-state index contributed by atoms with van der Waals surface area (Å²) in [6, 6.07) is 12.7. The average molecular weight is 435 g/mol. The zero-order chi connectivity index (χ0) is 22.5. The highest BCUT2D eigenvalue weighted by atomic mass is 16.5. The number of anilines is 1. The van der Waals surface area contributed by atoms with Gasteiger partial charge >= 0.3 is 11.6 Å². The van der Waals surface area contributed by atoms with Crippen molar-refractivity contribution < 1.29 is 23.5 Å². The number of carbonyl (C=O) groups is 2. The van der Waals surface area contributed by atoms with Gasteiger partial charge in [0, 0.05) is 23.1 Å². The number of benzene rings is 2. The van der Waals surface area contributed by atoms with Crippen LogP contribution in [0.15, 0.2) is 64.1 Å². The third-order valence-corrected chi connectivity index (χ3v) is 4.51. The van der Waals surface area contributed by atoms with Crippen molar-refractivity contribution in [2.45, 2.75) is 13.2 Å². The minimum absolute atomic E-state index is 0.119. The normalized spacial score (nSPS) is 10.7. The summed E-state index contributed by atoms with van der Waals surface area (Å²) in [7, 11) is 1.50. The second-order valence-electron chi connectivity index (χ2n) is 6.63. The predicted octanol–water partition coefficient (Wildman–Crippen LogP) is 1.78. The van der Waals surface area contributed by atoms with Crippen LogP contribution in [-0.4, -0.2) is 39.2 Å². The molecule has 1 amide bonds. The molecule has 4 aromatic rings. The molecule has 32 heavy (non-hydrogen) atoms. The number of fused-ring (bicyclic) bond motifs is 1. The van der Waals surface area contributed by atoms with Crippen molar-refractivity contribution in [3.63, 3.8) is 0 Å². The lowest BCUT2D eigenvalue weighted by molar-refractivity contribution is -0.116. The number of carbonyl (C=O) groups excluding carboxylic acids is 2. The number of hydrogen-bond donors (Lipinski definition) is 1. The van der Waals surface area contributed by atoms with Crippen molar-refractivity contribution in [2.24, 2.45) is 0 Å². The lowest BCUT2D eigenvalue weighted by Crippen LogP contribution is -2.21. The molecule has 162 valence electrons. The number of nitrogens with zero attached hydrogens (tertiary/aromatic N) is 4. The Labute approximate surface area is 180 Å². The molecular formula is C21H17N5O6. The fourth-order valence-corrected chi connectivity index (χ4v) is 3.04. The smallest absolute Gasteiger partial charge is 0.340 e. The predicted molar refractivity (Wildman–Crippen MR) is 111 cm³/mol. The summed E-state index contributed by atoms with van der Waals surface area (Å²) in [5, 5.41) is 13.8. The van der Waals surface area contributed by atoms with E-state index in [4.69, 9.17) is 13.9 Å². The summed E-state index contributed by atoms with van der Waals surface area (Å²) >= 11 is 0. The summed E-state index contributed by atoms with van der Waals surface area (Å²) in [6.45, 7) is -0.286. The Hall–Kier alpha value is -4.54. The summed E-state index contributed by atoms with van der Waals surface area (Å²) < 4.78 is 17.0. The minimum atomic E-state index is -0.668. The molecular weight excluding hydrogens is 418 g/mol. The molecule has 0 bridgehead atoms. The molecule has 0 fully saturated rings. The zero-order valence-electron chi connectivity index (χ0n) is 16.8. The van der Waals surface area contributed by atoms with E-state index in [-0.39, 0.29) is 24.4 Å². The van der Waals surface area contributed by atoms with E-state index >= 15 is 0 Å². The van der Waals surface area contributed by atoms with Gasteiger partial charge in [0.2, 0.25) is 5.91 Å². The minimum Gasteiger partial charge on any atom is -0.497 e. The Kier molecular flexibility index (Phi) is 5.88. The fraction of sp³-hybridized carbons (Fsp3) is 0.143. The Morgan fingerprint density at radius 2 is 2.00 bits per heavy atom.